The zero-order valence-electron chi connectivity index (χ0n) is 16.5. The van der Waals surface area contributed by atoms with E-state index < -0.39 is 17.7 Å². The van der Waals surface area contributed by atoms with Crippen molar-refractivity contribution in [1.82, 2.24) is 9.80 Å². The van der Waals surface area contributed by atoms with Crippen LogP contribution >= 0.6 is 15.9 Å². The second kappa shape index (κ2) is 9.12. The lowest BCUT2D eigenvalue weighted by molar-refractivity contribution is -0.140. The fraction of sp³-hybridized carbons (Fsp3) is 0.304. The molecule has 1 N–H and O–H groups in total. The first kappa shape index (κ1) is 20.8. The summed E-state index contributed by atoms with van der Waals surface area (Å²) in [6.45, 7) is 4.01. The summed E-state index contributed by atoms with van der Waals surface area (Å²) in [4.78, 5) is 29.7. The second-order valence-corrected chi connectivity index (χ2v) is 8.28. The molecule has 0 spiro atoms. The van der Waals surface area contributed by atoms with E-state index in [1.807, 2.05) is 30.3 Å². The molecule has 2 aromatic rings. The minimum atomic E-state index is -0.647. The van der Waals surface area contributed by atoms with Crippen LogP contribution < -0.4 is 0 Å². The predicted octanol–water partition coefficient (Wildman–Crippen LogP) is 3.20. The molecule has 0 saturated carbocycles. The number of hydrogen-bond acceptors (Lipinski definition) is 5. The number of ether oxygens (including phenoxy) is 1. The summed E-state index contributed by atoms with van der Waals surface area (Å²) in [7, 11) is 0. The number of ketones is 1. The van der Waals surface area contributed by atoms with E-state index in [0.717, 1.165) is 23.1 Å². The zero-order valence-corrected chi connectivity index (χ0v) is 18.0. The highest BCUT2D eigenvalue weighted by Gasteiger charge is 2.45. The molecule has 7 heteroatoms. The van der Waals surface area contributed by atoms with Gasteiger partial charge in [0.25, 0.3) is 11.7 Å². The zero-order chi connectivity index (χ0) is 21.1. The number of nitrogens with zero attached hydrogens (tertiary/aromatic N) is 2. The average Bonchev–Trinajstić information content (AvgIpc) is 3.04. The summed E-state index contributed by atoms with van der Waals surface area (Å²) in [5.41, 5.74) is 1.44. The summed E-state index contributed by atoms with van der Waals surface area (Å²) >= 11 is 3.38. The number of likely N-dealkylation sites (tertiary alicyclic amines) is 1. The fourth-order valence-electron chi connectivity index (χ4n) is 3.93. The Hall–Kier alpha value is -2.48. The third-order valence-electron chi connectivity index (χ3n) is 5.53. The Morgan fingerprint density at radius 3 is 2.33 bits per heavy atom. The van der Waals surface area contributed by atoms with Crippen LogP contribution in [-0.2, 0) is 14.3 Å². The van der Waals surface area contributed by atoms with Gasteiger partial charge >= 0.3 is 0 Å². The van der Waals surface area contributed by atoms with Gasteiger partial charge in [-0.15, -0.1) is 0 Å². The number of carbonyl (C=O) groups is 2. The summed E-state index contributed by atoms with van der Waals surface area (Å²) in [6.07, 6.45) is 0. The third-order valence-corrected chi connectivity index (χ3v) is 6.06. The number of rotatable bonds is 5. The highest BCUT2D eigenvalue weighted by atomic mass is 79.9. The van der Waals surface area contributed by atoms with Crippen molar-refractivity contribution < 1.29 is 19.4 Å². The van der Waals surface area contributed by atoms with Gasteiger partial charge in [-0.3, -0.25) is 14.5 Å². The number of benzene rings is 2. The van der Waals surface area contributed by atoms with Crippen molar-refractivity contribution in [2.75, 3.05) is 39.4 Å². The van der Waals surface area contributed by atoms with Crippen LogP contribution in [0.2, 0.25) is 0 Å². The lowest BCUT2D eigenvalue weighted by Crippen LogP contribution is -2.42. The fourth-order valence-corrected chi connectivity index (χ4v) is 4.19. The predicted molar refractivity (Wildman–Crippen MR) is 117 cm³/mol. The molecule has 1 unspecified atom stereocenters. The maximum absolute atomic E-state index is 13.0. The molecule has 2 fully saturated rings. The molecule has 0 aliphatic carbocycles. The number of morpholine rings is 1. The standard InChI is InChI=1S/C23H23BrN2O4/c24-18-8-6-17(7-9-18)21(27)19-20(16-4-2-1-3-5-16)26(23(29)22(19)28)11-10-25-12-14-30-15-13-25/h1-9,20,27H,10-15H2/b21-19+. The van der Waals surface area contributed by atoms with Gasteiger partial charge in [0, 0.05) is 36.2 Å². The monoisotopic (exact) mass is 470 g/mol. The molecule has 156 valence electrons. The maximum Gasteiger partial charge on any atom is 0.295 e. The number of aliphatic hydroxyl groups is 1. The van der Waals surface area contributed by atoms with E-state index >= 15 is 0 Å². The first-order valence-corrected chi connectivity index (χ1v) is 10.7. The van der Waals surface area contributed by atoms with Crippen molar-refractivity contribution in [3.05, 3.63) is 75.8 Å². The number of carbonyl (C=O) groups excluding carboxylic acids is 2. The molecule has 1 amide bonds. The number of Topliss-reactive ketones (excluding diaryl/α,β-unsaturated/α-hetero) is 1. The smallest absolute Gasteiger partial charge is 0.295 e. The number of amides is 1. The van der Waals surface area contributed by atoms with Gasteiger partial charge in [0.1, 0.15) is 5.76 Å². The highest BCUT2D eigenvalue weighted by Crippen LogP contribution is 2.39. The maximum atomic E-state index is 13.0. The Morgan fingerprint density at radius 1 is 1.00 bits per heavy atom. The van der Waals surface area contributed by atoms with E-state index in [1.165, 1.54) is 0 Å². The van der Waals surface area contributed by atoms with Gasteiger partial charge in [-0.05, 0) is 17.7 Å². The van der Waals surface area contributed by atoms with Gasteiger partial charge < -0.3 is 14.7 Å². The molecule has 2 aromatic carbocycles. The van der Waals surface area contributed by atoms with E-state index in [9.17, 15) is 14.7 Å². The molecule has 0 radical (unpaired) electrons. The summed E-state index contributed by atoms with van der Waals surface area (Å²) in [5.74, 6) is -1.37. The van der Waals surface area contributed by atoms with Crippen LogP contribution in [0.15, 0.2) is 64.6 Å². The Balaban J connectivity index is 1.71. The van der Waals surface area contributed by atoms with Gasteiger partial charge in [-0.2, -0.15) is 0 Å². The molecule has 2 aliphatic rings. The van der Waals surface area contributed by atoms with Gasteiger partial charge in [0.05, 0.1) is 24.8 Å². The van der Waals surface area contributed by atoms with Crippen LogP contribution in [0.1, 0.15) is 17.2 Å². The summed E-state index contributed by atoms with van der Waals surface area (Å²) in [5, 5.41) is 11.0. The largest absolute Gasteiger partial charge is 0.507 e. The van der Waals surface area contributed by atoms with Crippen LogP contribution in [0.25, 0.3) is 5.76 Å². The third kappa shape index (κ3) is 4.19. The molecule has 2 heterocycles. The topological polar surface area (TPSA) is 70.1 Å². The van der Waals surface area contributed by atoms with Crippen molar-refractivity contribution in [3.63, 3.8) is 0 Å². The van der Waals surface area contributed by atoms with E-state index in [2.05, 4.69) is 20.8 Å². The number of halogens is 1. The van der Waals surface area contributed by atoms with Gasteiger partial charge in [0.2, 0.25) is 0 Å². The van der Waals surface area contributed by atoms with E-state index in [1.54, 1.807) is 29.2 Å². The quantitative estimate of drug-likeness (QED) is 0.412. The van der Waals surface area contributed by atoms with E-state index in [0.29, 0.717) is 31.9 Å². The van der Waals surface area contributed by atoms with Crippen molar-refractivity contribution in [1.29, 1.82) is 0 Å². The average molecular weight is 471 g/mol. The van der Waals surface area contributed by atoms with Crippen LogP contribution in [-0.4, -0.2) is 66.0 Å². The molecule has 2 saturated heterocycles. The van der Waals surface area contributed by atoms with Crippen molar-refractivity contribution in [3.8, 4) is 0 Å². The highest BCUT2D eigenvalue weighted by molar-refractivity contribution is 9.10. The molecule has 30 heavy (non-hydrogen) atoms. The normalized spacial score (nSPS) is 21.9. The Labute approximate surface area is 183 Å². The van der Waals surface area contributed by atoms with E-state index in [4.69, 9.17) is 4.74 Å². The number of hydrogen-bond donors (Lipinski definition) is 1. The molecule has 0 bridgehead atoms. The second-order valence-electron chi connectivity index (χ2n) is 7.36. The van der Waals surface area contributed by atoms with Crippen LogP contribution in [0, 0.1) is 0 Å². The van der Waals surface area contributed by atoms with Crippen molar-refractivity contribution in [2.24, 2.45) is 0 Å². The van der Waals surface area contributed by atoms with Crippen LogP contribution in [0.3, 0.4) is 0 Å². The molecular weight excluding hydrogens is 448 g/mol. The van der Waals surface area contributed by atoms with Crippen molar-refractivity contribution in [2.45, 2.75) is 6.04 Å². The Bertz CT molecular complexity index is 953. The first-order chi connectivity index (χ1) is 14.6. The van der Waals surface area contributed by atoms with Crippen molar-refractivity contribution >= 4 is 33.4 Å². The number of aliphatic hydroxyl groups excluding tert-OH is 1. The molecule has 1 atom stereocenters. The first-order valence-electron chi connectivity index (χ1n) is 9.95. The van der Waals surface area contributed by atoms with Crippen LogP contribution in [0.5, 0.6) is 0 Å². The Kier molecular flexibility index (Phi) is 6.32. The molecule has 4 rings (SSSR count). The minimum absolute atomic E-state index is 0.135. The molecule has 0 aromatic heterocycles. The summed E-state index contributed by atoms with van der Waals surface area (Å²) < 4.78 is 6.25. The van der Waals surface area contributed by atoms with E-state index in [-0.39, 0.29) is 11.3 Å². The molecule has 2 aliphatic heterocycles. The lowest BCUT2D eigenvalue weighted by Gasteiger charge is -2.31. The minimum Gasteiger partial charge on any atom is -0.507 e. The van der Waals surface area contributed by atoms with Gasteiger partial charge in [0.15, 0.2) is 0 Å². The SMILES string of the molecule is O=C1C(=O)N(CCN2CCOCC2)C(c2ccccc2)/C1=C(\O)c1ccc(Br)cc1. The lowest BCUT2D eigenvalue weighted by atomic mass is 9.95. The van der Waals surface area contributed by atoms with Gasteiger partial charge in [-0.1, -0.05) is 58.4 Å². The Morgan fingerprint density at radius 2 is 1.67 bits per heavy atom. The van der Waals surface area contributed by atoms with Crippen LogP contribution in [0.4, 0.5) is 0 Å². The summed E-state index contributed by atoms with van der Waals surface area (Å²) in [6, 6.07) is 15.8. The molecular formula is C23H23BrN2O4. The van der Waals surface area contributed by atoms with Gasteiger partial charge in [-0.25, -0.2) is 0 Å². The molecule has 6 nitrogen and oxygen atoms in total.